The molecule has 1 aliphatic rings. The first kappa shape index (κ1) is 31.8. The zero-order valence-electron chi connectivity index (χ0n) is 22.9. The maximum atomic E-state index is 13.6. The molecule has 1 unspecified atom stereocenters. The average molecular weight is 594 g/mol. The molecule has 0 radical (unpaired) electrons. The molecular weight excluding hydrogens is 553 g/mol. The summed E-state index contributed by atoms with van der Waals surface area (Å²) in [6.45, 7) is 4.91. The van der Waals surface area contributed by atoms with Crippen LogP contribution in [0.25, 0.3) is 0 Å². The average Bonchev–Trinajstić information content (AvgIpc) is 2.90. The zero-order valence-corrected chi connectivity index (χ0v) is 24.6. The van der Waals surface area contributed by atoms with Gasteiger partial charge < -0.3 is 25.7 Å². The van der Waals surface area contributed by atoms with Gasteiger partial charge in [0.05, 0.1) is 11.1 Å². The zero-order chi connectivity index (χ0) is 29.6. The summed E-state index contributed by atoms with van der Waals surface area (Å²) in [7, 11) is -8.24. The topological polar surface area (TPSA) is 186 Å². The van der Waals surface area contributed by atoms with Gasteiger partial charge in [-0.05, 0) is 54.9 Å². The summed E-state index contributed by atoms with van der Waals surface area (Å²) in [6, 6.07) is 15.4. The summed E-state index contributed by atoms with van der Waals surface area (Å²) in [5.74, 6) is -0.800. The van der Waals surface area contributed by atoms with Crippen molar-refractivity contribution in [1.82, 2.24) is 14.9 Å². The van der Waals surface area contributed by atoms with Gasteiger partial charge in [-0.1, -0.05) is 56.3 Å². The second kappa shape index (κ2) is 13.3. The number of likely N-dealkylation sites (tertiary alicyclic amines) is 1. The Balaban J connectivity index is 1.79. The molecule has 0 aliphatic carbocycles. The SMILES string of the molecule is CC(C)(c1ccccc1)c1cccc(S(=O)(=O)NC(CCCNC(=N)N)C(=O)N2CCC(CP(=O)(O)O)CC2)c1. The molecule has 40 heavy (non-hydrogen) atoms. The fourth-order valence-corrected chi connectivity index (χ4v) is 7.29. The molecule has 3 rings (SSSR count). The number of guanidine groups is 1. The summed E-state index contributed by atoms with van der Waals surface area (Å²) < 4.78 is 41.1. The molecule has 11 nitrogen and oxygen atoms in total. The van der Waals surface area contributed by atoms with Crippen molar-refractivity contribution in [2.75, 3.05) is 25.8 Å². The molecule has 1 amide bonds. The number of carbonyl (C=O) groups is 1. The second-order valence-corrected chi connectivity index (χ2v) is 14.2. The van der Waals surface area contributed by atoms with E-state index in [1.165, 1.54) is 6.07 Å². The Morgan fingerprint density at radius 1 is 1.12 bits per heavy atom. The van der Waals surface area contributed by atoms with Gasteiger partial charge in [-0.25, -0.2) is 8.42 Å². The minimum Gasteiger partial charge on any atom is -0.370 e. The number of amides is 1. The fourth-order valence-electron chi connectivity index (χ4n) is 4.98. The Morgan fingerprint density at radius 3 is 2.35 bits per heavy atom. The highest BCUT2D eigenvalue weighted by Gasteiger charge is 2.33. The van der Waals surface area contributed by atoms with Crippen LogP contribution in [0.3, 0.4) is 0 Å². The predicted molar refractivity (Wildman–Crippen MR) is 154 cm³/mol. The van der Waals surface area contributed by atoms with Crippen molar-refractivity contribution in [3.8, 4) is 0 Å². The number of sulfonamides is 1. The van der Waals surface area contributed by atoms with Crippen LogP contribution in [0.2, 0.25) is 0 Å². The highest BCUT2D eigenvalue weighted by molar-refractivity contribution is 7.89. The first-order chi connectivity index (χ1) is 18.7. The molecule has 1 heterocycles. The Labute approximate surface area is 236 Å². The van der Waals surface area contributed by atoms with E-state index in [0.717, 1.165) is 11.1 Å². The van der Waals surface area contributed by atoms with Crippen LogP contribution in [0.5, 0.6) is 0 Å². The van der Waals surface area contributed by atoms with Crippen LogP contribution < -0.4 is 15.8 Å². The molecule has 2 aromatic carbocycles. The number of nitrogens with one attached hydrogen (secondary N) is 3. The van der Waals surface area contributed by atoms with Gasteiger partial charge in [-0.3, -0.25) is 14.8 Å². The third-order valence-corrected chi connectivity index (χ3v) is 9.83. The number of rotatable bonds is 12. The van der Waals surface area contributed by atoms with Gasteiger partial charge in [0.2, 0.25) is 15.9 Å². The first-order valence-corrected chi connectivity index (χ1v) is 16.6. The molecule has 0 aromatic heterocycles. The molecule has 220 valence electrons. The number of benzene rings is 2. The highest BCUT2D eigenvalue weighted by atomic mass is 32.2. The highest BCUT2D eigenvalue weighted by Crippen LogP contribution is 2.39. The summed E-state index contributed by atoms with van der Waals surface area (Å²) in [6.07, 6.45) is 1.19. The Hall–Kier alpha value is -2.76. The fraction of sp³-hybridized carbons (Fsp3) is 0.481. The van der Waals surface area contributed by atoms with Crippen LogP contribution in [0.1, 0.15) is 50.7 Å². The Bertz CT molecular complexity index is 1320. The normalized spacial score (nSPS) is 15.9. The molecule has 1 atom stereocenters. The smallest absolute Gasteiger partial charge is 0.325 e. The van der Waals surface area contributed by atoms with E-state index < -0.39 is 29.1 Å². The molecule has 1 aliphatic heterocycles. The van der Waals surface area contributed by atoms with Crippen molar-refractivity contribution in [3.05, 3.63) is 65.7 Å². The van der Waals surface area contributed by atoms with Crippen LogP contribution in [-0.4, -0.2) is 66.8 Å². The van der Waals surface area contributed by atoms with Crippen LogP contribution in [0.4, 0.5) is 0 Å². The summed E-state index contributed by atoms with van der Waals surface area (Å²) >= 11 is 0. The maximum absolute atomic E-state index is 13.6. The largest absolute Gasteiger partial charge is 0.370 e. The first-order valence-electron chi connectivity index (χ1n) is 13.3. The van der Waals surface area contributed by atoms with Crippen LogP contribution in [-0.2, 0) is 24.8 Å². The quantitative estimate of drug-likeness (QED) is 0.0937. The van der Waals surface area contributed by atoms with E-state index in [0.29, 0.717) is 25.8 Å². The molecule has 1 fully saturated rings. The predicted octanol–water partition coefficient (Wildman–Crippen LogP) is 2.34. The minimum absolute atomic E-state index is 0.0500. The number of carbonyl (C=O) groups excluding carboxylic acids is 1. The van der Waals surface area contributed by atoms with Crippen molar-refractivity contribution in [3.63, 3.8) is 0 Å². The van der Waals surface area contributed by atoms with E-state index in [2.05, 4.69) is 10.0 Å². The van der Waals surface area contributed by atoms with Gasteiger partial charge in [0.1, 0.15) is 6.04 Å². The third kappa shape index (κ3) is 8.87. The van der Waals surface area contributed by atoms with E-state index in [1.54, 1.807) is 17.0 Å². The lowest BCUT2D eigenvalue weighted by atomic mass is 9.78. The van der Waals surface area contributed by atoms with Gasteiger partial charge in [0.15, 0.2) is 5.96 Å². The molecule has 0 bridgehead atoms. The van der Waals surface area contributed by atoms with Crippen LogP contribution in [0, 0.1) is 11.3 Å². The molecule has 1 saturated heterocycles. The summed E-state index contributed by atoms with van der Waals surface area (Å²) in [5, 5.41) is 9.99. The van der Waals surface area contributed by atoms with Crippen LogP contribution >= 0.6 is 7.60 Å². The van der Waals surface area contributed by atoms with E-state index >= 15 is 0 Å². The Kier molecular flexibility index (Phi) is 10.5. The lowest BCUT2D eigenvalue weighted by Crippen LogP contribution is -2.51. The number of hydrogen-bond donors (Lipinski definition) is 6. The van der Waals surface area contributed by atoms with Gasteiger partial charge in [-0.15, -0.1) is 0 Å². The second-order valence-electron chi connectivity index (χ2n) is 10.8. The van der Waals surface area contributed by atoms with Crippen molar-refractivity contribution in [2.45, 2.75) is 55.9 Å². The van der Waals surface area contributed by atoms with Gasteiger partial charge in [-0.2, -0.15) is 4.72 Å². The monoisotopic (exact) mass is 593 g/mol. The molecular formula is C27H40N5O6PS. The van der Waals surface area contributed by atoms with Gasteiger partial charge in [0.25, 0.3) is 0 Å². The molecule has 7 N–H and O–H groups in total. The lowest BCUT2D eigenvalue weighted by molar-refractivity contribution is -0.134. The Morgan fingerprint density at radius 2 is 1.75 bits per heavy atom. The molecule has 13 heteroatoms. The summed E-state index contributed by atoms with van der Waals surface area (Å²) in [4.78, 5) is 33.7. The third-order valence-electron chi connectivity index (χ3n) is 7.36. The summed E-state index contributed by atoms with van der Waals surface area (Å²) in [5.41, 5.74) is 6.72. The minimum atomic E-state index is -4.15. The van der Waals surface area contributed by atoms with Gasteiger partial charge >= 0.3 is 7.60 Å². The van der Waals surface area contributed by atoms with Crippen molar-refractivity contribution in [2.24, 2.45) is 11.7 Å². The number of hydrogen-bond acceptors (Lipinski definition) is 5. The van der Waals surface area contributed by atoms with Crippen LogP contribution in [0.15, 0.2) is 59.5 Å². The van der Waals surface area contributed by atoms with E-state index in [9.17, 15) is 27.6 Å². The molecule has 0 spiro atoms. The van der Waals surface area contributed by atoms with E-state index in [-0.39, 0.29) is 48.4 Å². The van der Waals surface area contributed by atoms with Crippen molar-refractivity contribution in [1.29, 1.82) is 5.41 Å². The lowest BCUT2D eigenvalue weighted by Gasteiger charge is -2.34. The maximum Gasteiger partial charge on any atom is 0.325 e. The van der Waals surface area contributed by atoms with E-state index in [1.807, 2.05) is 50.2 Å². The van der Waals surface area contributed by atoms with Gasteiger partial charge in [0, 0.05) is 25.0 Å². The standard InChI is InChI=1S/C27H40N5O6PS/c1-27(2,21-8-4-3-5-9-21)22-10-6-11-23(18-22)40(37,38)31-24(12-7-15-30-26(28)29)25(33)32-16-13-20(14-17-32)19-39(34,35)36/h3-6,8-11,18,20,24,31H,7,12-17,19H2,1-2H3,(H4,28,29,30)(H2,34,35,36). The van der Waals surface area contributed by atoms with Crippen molar-refractivity contribution < 1.29 is 27.6 Å². The van der Waals surface area contributed by atoms with Crippen molar-refractivity contribution >= 4 is 29.5 Å². The number of piperidine rings is 1. The number of nitrogens with zero attached hydrogens (tertiary/aromatic N) is 1. The number of nitrogens with two attached hydrogens (primary N) is 1. The van der Waals surface area contributed by atoms with E-state index in [4.69, 9.17) is 11.1 Å². The molecule has 0 saturated carbocycles. The molecule has 2 aromatic rings.